The van der Waals surface area contributed by atoms with Crippen LogP contribution in [-0.4, -0.2) is 36.0 Å². The van der Waals surface area contributed by atoms with Gasteiger partial charge in [-0.1, -0.05) is 11.6 Å². The molecule has 0 aliphatic rings. The fourth-order valence-corrected chi connectivity index (χ4v) is 2.91. The zero-order chi connectivity index (χ0) is 15.4. The van der Waals surface area contributed by atoms with Crippen molar-refractivity contribution in [1.82, 2.24) is 9.88 Å². The molecule has 4 nitrogen and oxygen atoms in total. The fraction of sp³-hybridized carbons (Fsp3) is 0.333. The number of nitrogens with zero attached hydrogens (tertiary/aromatic N) is 2. The van der Waals surface area contributed by atoms with Crippen molar-refractivity contribution < 1.29 is 9.53 Å². The largest absolute Gasteiger partial charge is 0.494 e. The molecule has 1 heterocycles. The van der Waals surface area contributed by atoms with Gasteiger partial charge >= 0.3 is 0 Å². The Bertz CT molecular complexity index is 642. The van der Waals surface area contributed by atoms with Crippen molar-refractivity contribution in [3.05, 3.63) is 34.3 Å². The normalized spacial score (nSPS) is 10.5. The molecule has 0 saturated heterocycles. The molecule has 6 heteroatoms. The average molecular weight is 325 g/mol. The number of carbonyl (C=O) groups is 1. The van der Waals surface area contributed by atoms with Gasteiger partial charge in [0.1, 0.15) is 16.5 Å². The number of benzene rings is 1. The third-order valence-corrected chi connectivity index (χ3v) is 4.21. The first-order valence-electron chi connectivity index (χ1n) is 6.70. The molecule has 1 amide bonds. The summed E-state index contributed by atoms with van der Waals surface area (Å²) in [6.07, 6.45) is 0. The first-order valence-corrected chi connectivity index (χ1v) is 7.96. The van der Waals surface area contributed by atoms with Gasteiger partial charge in [0.15, 0.2) is 0 Å². The third kappa shape index (κ3) is 3.54. The van der Waals surface area contributed by atoms with Gasteiger partial charge in [-0.15, -0.1) is 11.3 Å². The Morgan fingerprint density at radius 3 is 2.81 bits per heavy atom. The Morgan fingerprint density at radius 1 is 1.43 bits per heavy atom. The van der Waals surface area contributed by atoms with E-state index in [2.05, 4.69) is 4.98 Å². The molecule has 112 valence electrons. The molecule has 1 aromatic heterocycles. The molecular weight excluding hydrogens is 308 g/mol. The number of aromatic nitrogens is 1. The number of rotatable bonds is 5. The Kier molecular flexibility index (Phi) is 5.20. The number of amides is 1. The number of carbonyl (C=O) groups excluding carboxylic acids is 1. The minimum Gasteiger partial charge on any atom is -0.494 e. The minimum absolute atomic E-state index is 0.0814. The van der Waals surface area contributed by atoms with Crippen molar-refractivity contribution in [3.63, 3.8) is 0 Å². The molecule has 0 aliphatic carbocycles. The molecular formula is C15H17ClN2O2S. The second kappa shape index (κ2) is 6.91. The fourth-order valence-electron chi connectivity index (χ4n) is 1.76. The lowest BCUT2D eigenvalue weighted by Crippen LogP contribution is -2.26. The second-order valence-electron chi connectivity index (χ2n) is 4.43. The summed E-state index contributed by atoms with van der Waals surface area (Å²) in [5.41, 5.74) is 1.26. The van der Waals surface area contributed by atoms with Crippen LogP contribution in [-0.2, 0) is 0 Å². The molecule has 0 radical (unpaired) electrons. The first-order chi connectivity index (χ1) is 10.1. The highest BCUT2D eigenvalue weighted by molar-refractivity contribution is 7.13. The highest BCUT2D eigenvalue weighted by Crippen LogP contribution is 2.33. The number of ether oxygens (including phenoxy) is 1. The van der Waals surface area contributed by atoms with E-state index in [9.17, 15) is 4.79 Å². The van der Waals surface area contributed by atoms with Crippen molar-refractivity contribution in [3.8, 4) is 16.3 Å². The van der Waals surface area contributed by atoms with E-state index < -0.39 is 0 Å². The van der Waals surface area contributed by atoms with Crippen LogP contribution < -0.4 is 4.74 Å². The summed E-state index contributed by atoms with van der Waals surface area (Å²) in [6.45, 7) is 5.09. The Hall–Kier alpha value is -1.59. The summed E-state index contributed by atoms with van der Waals surface area (Å²) in [6, 6.07) is 5.48. The quantitative estimate of drug-likeness (QED) is 0.836. The van der Waals surface area contributed by atoms with Gasteiger partial charge < -0.3 is 9.64 Å². The van der Waals surface area contributed by atoms with Crippen LogP contribution in [0.3, 0.4) is 0 Å². The predicted molar refractivity (Wildman–Crippen MR) is 86.4 cm³/mol. The predicted octanol–water partition coefficient (Wildman–Crippen LogP) is 3.95. The maximum absolute atomic E-state index is 12.1. The summed E-state index contributed by atoms with van der Waals surface area (Å²) in [7, 11) is 1.76. The van der Waals surface area contributed by atoms with Crippen LogP contribution in [0.25, 0.3) is 10.6 Å². The van der Waals surface area contributed by atoms with Crippen LogP contribution in [0.2, 0.25) is 5.02 Å². The molecule has 1 aromatic carbocycles. The first kappa shape index (κ1) is 15.8. The van der Waals surface area contributed by atoms with E-state index in [1.54, 1.807) is 23.4 Å². The van der Waals surface area contributed by atoms with Crippen LogP contribution in [0.5, 0.6) is 5.75 Å². The Morgan fingerprint density at radius 2 is 2.19 bits per heavy atom. The van der Waals surface area contributed by atoms with Crippen LogP contribution in [0, 0.1) is 0 Å². The number of halogens is 1. The summed E-state index contributed by atoms with van der Waals surface area (Å²) < 4.78 is 5.40. The van der Waals surface area contributed by atoms with Gasteiger partial charge in [0, 0.05) is 24.5 Å². The van der Waals surface area contributed by atoms with Crippen LogP contribution in [0.15, 0.2) is 23.6 Å². The topological polar surface area (TPSA) is 42.4 Å². The zero-order valence-electron chi connectivity index (χ0n) is 12.2. The van der Waals surface area contributed by atoms with Crippen LogP contribution in [0.4, 0.5) is 0 Å². The molecule has 2 rings (SSSR count). The van der Waals surface area contributed by atoms with Gasteiger partial charge in [-0.25, -0.2) is 4.98 Å². The Labute approximate surface area is 133 Å². The maximum Gasteiger partial charge on any atom is 0.273 e. The maximum atomic E-state index is 12.1. The molecule has 21 heavy (non-hydrogen) atoms. The van der Waals surface area contributed by atoms with Gasteiger partial charge in [-0.05, 0) is 32.0 Å². The zero-order valence-corrected chi connectivity index (χ0v) is 13.8. The molecule has 0 bridgehead atoms. The summed E-state index contributed by atoms with van der Waals surface area (Å²) >= 11 is 7.68. The molecule has 2 aromatic rings. The van der Waals surface area contributed by atoms with E-state index in [0.717, 1.165) is 16.3 Å². The molecule has 0 unspecified atom stereocenters. The molecule has 0 atom stereocenters. The average Bonchev–Trinajstić information content (AvgIpc) is 2.95. The van der Waals surface area contributed by atoms with Crippen molar-refractivity contribution in [2.75, 3.05) is 20.2 Å². The van der Waals surface area contributed by atoms with Gasteiger partial charge in [-0.2, -0.15) is 0 Å². The smallest absolute Gasteiger partial charge is 0.273 e. The van der Waals surface area contributed by atoms with Crippen molar-refractivity contribution >= 4 is 28.8 Å². The van der Waals surface area contributed by atoms with Crippen LogP contribution >= 0.6 is 22.9 Å². The van der Waals surface area contributed by atoms with Gasteiger partial charge in [0.2, 0.25) is 0 Å². The molecule has 0 fully saturated rings. The van der Waals surface area contributed by atoms with Gasteiger partial charge in [-0.3, -0.25) is 4.79 Å². The SMILES string of the molecule is CCOc1ccc(-c2nc(C(=O)N(C)CC)cs2)c(Cl)c1. The summed E-state index contributed by atoms with van der Waals surface area (Å²) in [5.74, 6) is 0.645. The second-order valence-corrected chi connectivity index (χ2v) is 5.70. The van der Waals surface area contributed by atoms with Crippen LogP contribution in [0.1, 0.15) is 24.3 Å². The van der Waals surface area contributed by atoms with Gasteiger partial charge in [0.25, 0.3) is 5.91 Å². The van der Waals surface area contributed by atoms with E-state index in [4.69, 9.17) is 16.3 Å². The molecule has 0 spiro atoms. The van der Waals surface area contributed by atoms with E-state index >= 15 is 0 Å². The summed E-state index contributed by atoms with van der Waals surface area (Å²) in [4.78, 5) is 18.1. The standard InChI is InChI=1S/C15H17ClN2O2S/c1-4-18(3)15(19)13-9-21-14(17-13)11-7-6-10(20-5-2)8-12(11)16/h6-9H,4-5H2,1-3H3. The number of thiazole rings is 1. The van der Waals surface area contributed by atoms with E-state index in [0.29, 0.717) is 23.9 Å². The lowest BCUT2D eigenvalue weighted by atomic mass is 10.2. The highest BCUT2D eigenvalue weighted by atomic mass is 35.5. The van der Waals surface area contributed by atoms with E-state index in [1.807, 2.05) is 26.0 Å². The molecule has 0 saturated carbocycles. The van der Waals surface area contributed by atoms with E-state index in [-0.39, 0.29) is 5.91 Å². The minimum atomic E-state index is -0.0814. The summed E-state index contributed by atoms with van der Waals surface area (Å²) in [5, 5.41) is 3.06. The lowest BCUT2D eigenvalue weighted by Gasteiger charge is -2.11. The van der Waals surface area contributed by atoms with Crippen molar-refractivity contribution in [2.45, 2.75) is 13.8 Å². The lowest BCUT2D eigenvalue weighted by molar-refractivity contribution is 0.0797. The highest BCUT2D eigenvalue weighted by Gasteiger charge is 2.16. The van der Waals surface area contributed by atoms with Crippen molar-refractivity contribution in [1.29, 1.82) is 0 Å². The third-order valence-electron chi connectivity index (χ3n) is 3.03. The molecule has 0 aliphatic heterocycles. The monoisotopic (exact) mass is 324 g/mol. The Balaban J connectivity index is 2.27. The number of hydrogen-bond donors (Lipinski definition) is 0. The van der Waals surface area contributed by atoms with Crippen molar-refractivity contribution in [2.24, 2.45) is 0 Å². The molecule has 0 N–H and O–H groups in total. The number of hydrogen-bond acceptors (Lipinski definition) is 4. The van der Waals surface area contributed by atoms with Gasteiger partial charge in [0.05, 0.1) is 11.6 Å². The van der Waals surface area contributed by atoms with E-state index in [1.165, 1.54) is 11.3 Å².